The van der Waals surface area contributed by atoms with Crippen molar-refractivity contribution in [2.75, 3.05) is 0 Å². The van der Waals surface area contributed by atoms with Gasteiger partial charge in [0.25, 0.3) is 5.65 Å². The van der Waals surface area contributed by atoms with Crippen molar-refractivity contribution in [1.29, 1.82) is 0 Å². The fraction of sp³-hybridized carbons (Fsp3) is 0.0741. The molecule has 3 aromatic carbocycles. The normalized spacial score (nSPS) is 11.6. The van der Waals surface area contributed by atoms with Crippen molar-refractivity contribution in [3.05, 3.63) is 127 Å². The molecule has 0 radical (unpaired) electrons. The number of rotatable bonds is 5. The summed E-state index contributed by atoms with van der Waals surface area (Å²) in [5.74, 6) is 0. The van der Waals surface area contributed by atoms with E-state index in [0.29, 0.717) is 0 Å². The summed E-state index contributed by atoms with van der Waals surface area (Å²) < 4.78 is 4.72. The van der Waals surface area contributed by atoms with Gasteiger partial charge in [0.15, 0.2) is 5.44 Å². The first-order chi connectivity index (χ1) is 15.2. The molecule has 0 aliphatic carbocycles. The quantitative estimate of drug-likeness (QED) is 0.292. The maximum Gasteiger partial charge on any atom is 0.287 e. The lowest BCUT2D eigenvalue weighted by Crippen LogP contribution is -2.42. The molecule has 0 spiro atoms. The van der Waals surface area contributed by atoms with Gasteiger partial charge in [-0.25, -0.2) is 4.57 Å². The highest BCUT2D eigenvalue weighted by molar-refractivity contribution is 8.25. The summed E-state index contributed by atoms with van der Waals surface area (Å²) in [5.41, 5.74) is 4.91. The highest BCUT2D eigenvalue weighted by Crippen LogP contribution is 2.43. The molecular weight excluding hydrogens is 415 g/mol. The second kappa shape index (κ2) is 8.26. The largest absolute Gasteiger partial charge is 0.287 e. The number of pyridine rings is 1. The number of hydrogen-bond donors (Lipinski definition) is 0. The van der Waals surface area contributed by atoms with Crippen LogP contribution in [0.3, 0.4) is 0 Å². The van der Waals surface area contributed by atoms with Crippen LogP contribution in [0, 0.1) is 6.92 Å². The minimum Gasteiger partial charge on any atom is -0.223 e. The third-order valence-electron chi connectivity index (χ3n) is 5.79. The van der Waals surface area contributed by atoms with Crippen LogP contribution in [0.25, 0.3) is 5.65 Å². The van der Waals surface area contributed by atoms with Crippen LogP contribution in [0.1, 0.15) is 11.3 Å². The molecule has 0 saturated carbocycles. The molecule has 152 valence electrons. The maximum absolute atomic E-state index is 6.67. The predicted octanol–water partition coefficient (Wildman–Crippen LogP) is 4.34. The molecule has 0 fully saturated rings. The molecule has 0 aliphatic rings. The minimum absolute atomic E-state index is 0.819. The van der Waals surface area contributed by atoms with Crippen molar-refractivity contribution in [2.24, 2.45) is 0 Å². The molecule has 0 N–H and O–H groups in total. The van der Waals surface area contributed by atoms with Gasteiger partial charge in [-0.05, 0) is 22.2 Å². The van der Waals surface area contributed by atoms with Crippen molar-refractivity contribution in [2.45, 2.75) is 13.5 Å². The van der Waals surface area contributed by atoms with Crippen molar-refractivity contribution in [3.8, 4) is 0 Å². The van der Waals surface area contributed by atoms with E-state index in [-0.39, 0.29) is 0 Å². The van der Waals surface area contributed by atoms with Gasteiger partial charge in [0.1, 0.15) is 12.2 Å². The minimum atomic E-state index is -2.27. The van der Waals surface area contributed by atoms with Crippen LogP contribution < -0.4 is 20.4 Å². The lowest BCUT2D eigenvalue weighted by molar-refractivity contribution is -0.490. The monoisotopic (exact) mass is 439 g/mol. The van der Waals surface area contributed by atoms with Gasteiger partial charge in [-0.15, -0.1) is 0 Å². The molecule has 0 aliphatic heterocycles. The van der Waals surface area contributed by atoms with Gasteiger partial charge in [0.05, 0.1) is 12.2 Å². The van der Waals surface area contributed by atoms with Gasteiger partial charge in [-0.1, -0.05) is 109 Å². The number of aromatic nitrogens is 2. The Morgan fingerprint density at radius 1 is 0.710 bits per heavy atom. The average Bonchev–Trinajstić information content (AvgIpc) is 3.12. The number of nitrogens with zero attached hydrogens (tertiary/aromatic N) is 2. The molecule has 0 bridgehead atoms. The molecule has 0 saturated heterocycles. The Kier molecular flexibility index (Phi) is 5.31. The van der Waals surface area contributed by atoms with Gasteiger partial charge < -0.3 is 0 Å². The first kappa shape index (κ1) is 19.9. The van der Waals surface area contributed by atoms with Crippen LogP contribution in [0.15, 0.2) is 115 Å². The summed E-state index contributed by atoms with van der Waals surface area (Å²) in [7, 11) is 0. The fourth-order valence-corrected chi connectivity index (χ4v) is 8.73. The van der Waals surface area contributed by atoms with Crippen molar-refractivity contribution >= 4 is 39.5 Å². The number of benzene rings is 3. The Labute approximate surface area is 188 Å². The summed E-state index contributed by atoms with van der Waals surface area (Å²) in [6.45, 7) is 3.04. The average molecular weight is 440 g/mol. The lowest BCUT2D eigenvalue weighted by Gasteiger charge is -2.21. The third-order valence-corrected chi connectivity index (χ3v) is 10.8. The van der Waals surface area contributed by atoms with Gasteiger partial charge >= 0.3 is 0 Å². The first-order valence-corrected chi connectivity index (χ1v) is 13.2. The van der Waals surface area contributed by atoms with Crippen LogP contribution in [0.5, 0.6) is 0 Å². The van der Waals surface area contributed by atoms with E-state index < -0.39 is 6.04 Å². The van der Waals surface area contributed by atoms with Crippen LogP contribution in [-0.2, 0) is 18.4 Å². The molecule has 5 rings (SSSR count). The molecule has 4 heteroatoms. The summed E-state index contributed by atoms with van der Waals surface area (Å²) in [6.07, 6.45) is 2.16. The Morgan fingerprint density at radius 3 is 1.81 bits per heavy atom. The van der Waals surface area contributed by atoms with E-state index in [1.54, 1.807) is 0 Å². The zero-order chi connectivity index (χ0) is 21.3. The van der Waals surface area contributed by atoms with Gasteiger partial charge in [0.2, 0.25) is 0 Å². The van der Waals surface area contributed by atoms with E-state index in [0.717, 1.165) is 6.54 Å². The molecular formula is C27H24N2PS+. The second-order valence-corrected chi connectivity index (χ2v) is 12.0. The van der Waals surface area contributed by atoms with E-state index in [1.165, 1.54) is 32.9 Å². The Morgan fingerprint density at radius 2 is 1.23 bits per heavy atom. The fourth-order valence-electron chi connectivity index (χ4n) is 4.31. The Balaban J connectivity index is 1.82. The molecule has 2 nitrogen and oxygen atoms in total. The van der Waals surface area contributed by atoms with Crippen LogP contribution in [0.2, 0.25) is 0 Å². The smallest absolute Gasteiger partial charge is 0.223 e. The summed E-state index contributed by atoms with van der Waals surface area (Å²) in [4.78, 5) is 0. The topological polar surface area (TPSA) is 9.03 Å². The highest BCUT2D eigenvalue weighted by Gasteiger charge is 2.36. The zero-order valence-corrected chi connectivity index (χ0v) is 19.1. The van der Waals surface area contributed by atoms with Crippen LogP contribution >= 0.6 is 6.04 Å². The van der Waals surface area contributed by atoms with Crippen molar-refractivity contribution < 1.29 is 4.40 Å². The molecule has 0 unspecified atom stereocenters. The second-order valence-electron chi connectivity index (χ2n) is 7.69. The SMILES string of the molecule is Cc1c(P(=S)(c2ccccc2)c2ccccc2)[n+]2ccccc2n1Cc1ccccc1. The maximum atomic E-state index is 6.67. The predicted molar refractivity (Wildman–Crippen MR) is 134 cm³/mol. The van der Waals surface area contributed by atoms with E-state index in [4.69, 9.17) is 11.8 Å². The van der Waals surface area contributed by atoms with Crippen LogP contribution in [0.4, 0.5) is 0 Å². The highest BCUT2D eigenvalue weighted by atomic mass is 32.4. The van der Waals surface area contributed by atoms with Crippen molar-refractivity contribution in [3.63, 3.8) is 0 Å². The Bertz CT molecular complexity index is 1330. The van der Waals surface area contributed by atoms with E-state index in [1.807, 2.05) is 0 Å². The molecule has 0 atom stereocenters. The van der Waals surface area contributed by atoms with Crippen molar-refractivity contribution in [1.82, 2.24) is 4.57 Å². The molecule has 31 heavy (non-hydrogen) atoms. The van der Waals surface area contributed by atoms with Crippen LogP contribution in [-0.4, -0.2) is 4.57 Å². The molecule has 0 amide bonds. The molecule has 2 heterocycles. The first-order valence-electron chi connectivity index (χ1n) is 10.4. The number of imidazole rings is 1. The van der Waals surface area contributed by atoms with E-state index in [2.05, 4.69) is 131 Å². The lowest BCUT2D eigenvalue weighted by atomic mass is 10.2. The van der Waals surface area contributed by atoms with Gasteiger partial charge in [-0.2, -0.15) is 4.40 Å². The third kappa shape index (κ3) is 3.44. The number of hydrogen-bond acceptors (Lipinski definition) is 1. The van der Waals surface area contributed by atoms with Gasteiger partial charge in [-0.3, -0.25) is 0 Å². The summed E-state index contributed by atoms with van der Waals surface area (Å²) >= 11 is 6.67. The van der Waals surface area contributed by atoms with E-state index in [9.17, 15) is 0 Å². The van der Waals surface area contributed by atoms with Gasteiger partial charge in [0, 0.05) is 13.0 Å². The Hall–Kier alpha value is -3.00. The molecule has 5 aromatic rings. The summed E-state index contributed by atoms with van der Waals surface area (Å²) in [6, 6.07) is 36.0. The number of fused-ring (bicyclic) bond motifs is 1. The summed E-state index contributed by atoms with van der Waals surface area (Å²) in [5, 5.41) is 2.43. The zero-order valence-electron chi connectivity index (χ0n) is 17.4. The molecule has 2 aromatic heterocycles. The van der Waals surface area contributed by atoms with E-state index >= 15 is 0 Å². The standard InChI is InChI=1S/C27H24N2PS/c1-22-27(30(31,24-15-7-3-8-16-24)25-17-9-4-10-18-25)28-20-12-11-19-26(28)29(22)21-23-13-5-2-6-14-23/h2-20H,21H2,1H3/q+1.